The van der Waals surface area contributed by atoms with Crippen molar-refractivity contribution in [1.29, 1.82) is 0 Å². The summed E-state index contributed by atoms with van der Waals surface area (Å²) in [6.07, 6.45) is -9.36. The number of hydrogen-bond acceptors (Lipinski definition) is 2. The molecule has 1 amide bonds. The van der Waals surface area contributed by atoms with Gasteiger partial charge in [-0.2, -0.15) is 26.3 Å². The summed E-state index contributed by atoms with van der Waals surface area (Å²) < 4.78 is 79.5. The lowest BCUT2D eigenvalue weighted by molar-refractivity contribution is -0.143. The SMILES string of the molecule is CN(C(=O)C(NC(=S)Nc1cc(C(F)(F)F)cc(C(F)(F)F)c1)C(C)(C)C)c1cccc(Cc2ccccc2)c1. The minimum absolute atomic E-state index is 0.0318. The molecule has 0 bridgehead atoms. The summed E-state index contributed by atoms with van der Waals surface area (Å²) in [4.78, 5) is 15.0. The minimum Gasteiger partial charge on any atom is -0.350 e. The van der Waals surface area contributed by atoms with Gasteiger partial charge in [-0.15, -0.1) is 0 Å². The Labute approximate surface area is 234 Å². The molecule has 0 spiro atoms. The lowest BCUT2D eigenvalue weighted by atomic mass is 9.85. The van der Waals surface area contributed by atoms with E-state index in [1.807, 2.05) is 48.5 Å². The van der Waals surface area contributed by atoms with Crippen LogP contribution in [-0.2, 0) is 23.6 Å². The predicted octanol–water partition coefficient (Wildman–Crippen LogP) is 7.68. The van der Waals surface area contributed by atoms with Gasteiger partial charge in [0.1, 0.15) is 6.04 Å². The molecule has 0 saturated heterocycles. The first-order valence-corrected chi connectivity index (χ1v) is 12.6. The lowest BCUT2D eigenvalue weighted by Gasteiger charge is -2.34. The van der Waals surface area contributed by atoms with Crippen LogP contribution in [0, 0.1) is 5.41 Å². The number of halogens is 6. The van der Waals surface area contributed by atoms with Gasteiger partial charge in [0, 0.05) is 18.4 Å². The zero-order chi connectivity index (χ0) is 29.9. The molecule has 214 valence electrons. The molecule has 3 rings (SSSR count). The highest BCUT2D eigenvalue weighted by atomic mass is 32.1. The van der Waals surface area contributed by atoms with Crippen molar-refractivity contribution >= 4 is 34.6 Å². The van der Waals surface area contributed by atoms with Gasteiger partial charge in [-0.05, 0) is 65.5 Å². The molecule has 3 aromatic rings. The standard InChI is InChI=1S/C29H29F6N3OS/c1-27(2,3)24(25(39)38(4)23-12-8-11-19(14-23)13-18-9-6-5-7-10-18)37-26(40)36-22-16-20(28(30,31)32)15-21(17-22)29(33,34)35/h5-12,14-17,24H,13H2,1-4H3,(H2,36,37,40). The smallest absolute Gasteiger partial charge is 0.350 e. The van der Waals surface area contributed by atoms with Crippen LogP contribution in [0.25, 0.3) is 0 Å². The fraction of sp³-hybridized carbons (Fsp3) is 0.310. The molecule has 11 heteroatoms. The Morgan fingerprint density at radius 3 is 1.90 bits per heavy atom. The normalized spacial score (nSPS) is 12.9. The summed E-state index contributed by atoms with van der Waals surface area (Å²) in [6.45, 7) is 5.28. The first-order chi connectivity index (χ1) is 18.4. The first-order valence-electron chi connectivity index (χ1n) is 12.2. The molecular weight excluding hydrogens is 552 g/mol. The molecule has 0 aliphatic carbocycles. The summed E-state index contributed by atoms with van der Waals surface area (Å²) >= 11 is 5.22. The largest absolute Gasteiger partial charge is 0.416 e. The molecule has 0 saturated carbocycles. The van der Waals surface area contributed by atoms with Crippen LogP contribution in [0.1, 0.15) is 43.0 Å². The Morgan fingerprint density at radius 1 is 0.825 bits per heavy atom. The van der Waals surface area contributed by atoms with Gasteiger partial charge in [0.05, 0.1) is 11.1 Å². The van der Waals surface area contributed by atoms with E-state index in [0.717, 1.165) is 11.1 Å². The van der Waals surface area contributed by atoms with Crippen LogP contribution in [0.3, 0.4) is 0 Å². The van der Waals surface area contributed by atoms with Gasteiger partial charge in [0.15, 0.2) is 5.11 Å². The van der Waals surface area contributed by atoms with E-state index >= 15 is 0 Å². The molecule has 0 fully saturated rings. The van der Waals surface area contributed by atoms with E-state index < -0.39 is 46.5 Å². The number of carbonyl (C=O) groups is 1. The summed E-state index contributed by atoms with van der Waals surface area (Å²) in [5.74, 6) is -0.395. The second-order valence-corrected chi connectivity index (χ2v) is 10.8. The van der Waals surface area contributed by atoms with E-state index in [1.54, 1.807) is 33.9 Å². The average molecular weight is 582 g/mol. The number of amides is 1. The van der Waals surface area contributed by atoms with Crippen LogP contribution in [-0.4, -0.2) is 24.1 Å². The summed E-state index contributed by atoms with van der Waals surface area (Å²) in [7, 11) is 1.59. The quantitative estimate of drug-likeness (QED) is 0.232. The van der Waals surface area contributed by atoms with E-state index in [-0.39, 0.29) is 11.2 Å². The average Bonchev–Trinajstić information content (AvgIpc) is 2.85. The number of nitrogens with one attached hydrogen (secondary N) is 2. The van der Waals surface area contributed by atoms with Crippen molar-refractivity contribution in [3.05, 3.63) is 95.1 Å². The van der Waals surface area contributed by atoms with E-state index in [1.165, 1.54) is 4.90 Å². The zero-order valence-electron chi connectivity index (χ0n) is 22.2. The maximum absolute atomic E-state index is 13.6. The minimum atomic E-state index is -5.01. The molecule has 0 heterocycles. The summed E-state index contributed by atoms with van der Waals surface area (Å²) in [5, 5.41) is 4.88. The number of alkyl halides is 6. The molecule has 1 atom stereocenters. The van der Waals surface area contributed by atoms with Crippen LogP contribution in [0.15, 0.2) is 72.8 Å². The molecule has 3 aromatic carbocycles. The Bertz CT molecular complexity index is 1320. The molecular formula is C29H29F6N3OS. The second kappa shape index (κ2) is 11.9. The van der Waals surface area contributed by atoms with Crippen LogP contribution >= 0.6 is 12.2 Å². The second-order valence-electron chi connectivity index (χ2n) is 10.4. The fourth-order valence-electron chi connectivity index (χ4n) is 4.00. The molecule has 0 aromatic heterocycles. The van der Waals surface area contributed by atoms with Crippen molar-refractivity contribution in [1.82, 2.24) is 5.32 Å². The van der Waals surface area contributed by atoms with E-state index in [0.29, 0.717) is 24.2 Å². The first kappa shape index (κ1) is 30.9. The van der Waals surface area contributed by atoms with Crippen LogP contribution in [0.4, 0.5) is 37.7 Å². The van der Waals surface area contributed by atoms with Crippen molar-refractivity contribution in [3.8, 4) is 0 Å². The van der Waals surface area contributed by atoms with Gasteiger partial charge in [-0.25, -0.2) is 0 Å². The number of rotatable bonds is 6. The third kappa shape index (κ3) is 8.20. The molecule has 0 radical (unpaired) electrons. The van der Waals surface area contributed by atoms with Gasteiger partial charge in [-0.3, -0.25) is 4.79 Å². The van der Waals surface area contributed by atoms with Gasteiger partial charge in [0.25, 0.3) is 0 Å². The molecule has 1 unspecified atom stereocenters. The van der Waals surface area contributed by atoms with Crippen molar-refractivity contribution < 1.29 is 31.1 Å². The van der Waals surface area contributed by atoms with Crippen molar-refractivity contribution in [3.63, 3.8) is 0 Å². The molecule has 4 nitrogen and oxygen atoms in total. The fourth-order valence-corrected chi connectivity index (χ4v) is 4.24. The molecule has 2 N–H and O–H groups in total. The van der Waals surface area contributed by atoms with Crippen LogP contribution in [0.2, 0.25) is 0 Å². The Balaban J connectivity index is 1.82. The van der Waals surface area contributed by atoms with E-state index in [2.05, 4.69) is 10.6 Å². The third-order valence-electron chi connectivity index (χ3n) is 6.11. The van der Waals surface area contributed by atoms with E-state index in [4.69, 9.17) is 12.2 Å². The number of anilines is 2. The number of thiocarbonyl (C=S) groups is 1. The van der Waals surface area contributed by atoms with Crippen LogP contribution < -0.4 is 15.5 Å². The van der Waals surface area contributed by atoms with Gasteiger partial charge < -0.3 is 15.5 Å². The van der Waals surface area contributed by atoms with Gasteiger partial charge in [0.2, 0.25) is 5.91 Å². The Hall–Kier alpha value is -3.60. The zero-order valence-corrected chi connectivity index (χ0v) is 23.1. The van der Waals surface area contributed by atoms with E-state index in [9.17, 15) is 31.1 Å². The van der Waals surface area contributed by atoms with Crippen LogP contribution in [0.5, 0.6) is 0 Å². The van der Waals surface area contributed by atoms with Gasteiger partial charge in [-0.1, -0.05) is 63.2 Å². The monoisotopic (exact) mass is 581 g/mol. The van der Waals surface area contributed by atoms with Crippen molar-refractivity contribution in [2.75, 3.05) is 17.3 Å². The predicted molar refractivity (Wildman–Crippen MR) is 148 cm³/mol. The lowest BCUT2D eigenvalue weighted by Crippen LogP contribution is -2.55. The highest BCUT2D eigenvalue weighted by Gasteiger charge is 2.38. The number of likely N-dealkylation sites (N-methyl/N-ethyl adjacent to an activating group) is 1. The number of nitrogens with zero attached hydrogens (tertiary/aromatic N) is 1. The van der Waals surface area contributed by atoms with Crippen molar-refractivity contribution in [2.45, 2.75) is 45.6 Å². The third-order valence-corrected chi connectivity index (χ3v) is 6.33. The maximum atomic E-state index is 13.6. The molecule has 0 aliphatic heterocycles. The highest BCUT2D eigenvalue weighted by molar-refractivity contribution is 7.80. The summed E-state index contributed by atoms with van der Waals surface area (Å²) in [6, 6.07) is 17.3. The Morgan fingerprint density at radius 2 is 1.38 bits per heavy atom. The summed E-state index contributed by atoms with van der Waals surface area (Å²) in [5.41, 5.74) is -1.52. The molecule has 0 aliphatic rings. The Kier molecular flexibility index (Phi) is 9.18. The highest BCUT2D eigenvalue weighted by Crippen LogP contribution is 2.37. The maximum Gasteiger partial charge on any atom is 0.416 e. The number of benzene rings is 3. The topological polar surface area (TPSA) is 44.4 Å². The number of hydrogen-bond donors (Lipinski definition) is 2. The van der Waals surface area contributed by atoms with Gasteiger partial charge >= 0.3 is 12.4 Å². The van der Waals surface area contributed by atoms with Crippen molar-refractivity contribution in [2.24, 2.45) is 5.41 Å². The number of carbonyl (C=O) groups excluding carboxylic acids is 1. The molecule has 40 heavy (non-hydrogen) atoms.